The van der Waals surface area contributed by atoms with Crippen molar-refractivity contribution >= 4 is 17.3 Å². The average molecular weight is 529 g/mol. The van der Waals surface area contributed by atoms with Gasteiger partial charge in [0.1, 0.15) is 0 Å². The van der Waals surface area contributed by atoms with Gasteiger partial charge in [-0.25, -0.2) is 4.98 Å². The Bertz CT molecular complexity index is 869. The lowest BCUT2D eigenvalue weighted by Crippen LogP contribution is -2.46. The molecule has 0 aliphatic heterocycles. The molecular formula is C28H52N2O5S. The second kappa shape index (κ2) is 11.4. The van der Waals surface area contributed by atoms with Gasteiger partial charge in [0.2, 0.25) is 0 Å². The zero-order valence-electron chi connectivity index (χ0n) is 25.0. The first-order valence-electron chi connectivity index (χ1n) is 12.8. The Balaban J connectivity index is 2.80. The Kier molecular flexibility index (Phi) is 10.4. The summed E-state index contributed by atoms with van der Waals surface area (Å²) in [6.45, 7) is 25.6. The molecule has 36 heavy (non-hydrogen) atoms. The Morgan fingerprint density at radius 2 is 1.53 bits per heavy atom. The van der Waals surface area contributed by atoms with Crippen LogP contribution in [0.15, 0.2) is 5.38 Å². The molecule has 2 N–H and O–H groups in total. The van der Waals surface area contributed by atoms with E-state index in [1.807, 2.05) is 33.1 Å². The molecule has 0 aromatic carbocycles. The van der Waals surface area contributed by atoms with Gasteiger partial charge in [0, 0.05) is 17.8 Å². The number of carbonyl (C=O) groups is 1. The highest BCUT2D eigenvalue weighted by Crippen LogP contribution is 2.45. The van der Waals surface area contributed by atoms with Crippen molar-refractivity contribution in [3.05, 3.63) is 16.1 Å². The van der Waals surface area contributed by atoms with Gasteiger partial charge in [-0.1, -0.05) is 27.7 Å². The van der Waals surface area contributed by atoms with Crippen LogP contribution in [-0.4, -0.2) is 56.8 Å². The van der Waals surface area contributed by atoms with Crippen molar-refractivity contribution in [2.24, 2.45) is 10.8 Å². The minimum atomic E-state index is -0.860. The fraction of sp³-hybridized carbons (Fsp3) is 0.857. The zero-order chi connectivity index (χ0) is 28.4. The van der Waals surface area contributed by atoms with Crippen molar-refractivity contribution < 1.29 is 24.6 Å². The molecule has 0 radical (unpaired) electrons. The van der Waals surface area contributed by atoms with E-state index >= 15 is 0 Å². The molecule has 0 atom stereocenters. The standard InChI is InChI=1S/C28H52N2O5S/c1-23(2,21-29-20(17-36-21)16-30(13)33)18-25(5,6)28(11,12)34-15-14-26(7,8)35-27(9,10)19-24(3,4)22(31)32/h17,33H,14-16,18-19H2,1-13H3,(H,31,32). The molecule has 210 valence electrons. The van der Waals surface area contributed by atoms with E-state index in [2.05, 4.69) is 41.5 Å². The summed E-state index contributed by atoms with van der Waals surface area (Å²) in [5, 5.41) is 23.3. The lowest BCUT2D eigenvalue weighted by Gasteiger charge is -2.46. The normalized spacial score (nSPS) is 14.5. The number of carboxylic acid groups (broad SMARTS) is 1. The Hall–Kier alpha value is -1.06. The fourth-order valence-electron chi connectivity index (χ4n) is 5.04. The van der Waals surface area contributed by atoms with E-state index in [9.17, 15) is 15.1 Å². The van der Waals surface area contributed by atoms with Crippen LogP contribution in [0.1, 0.15) is 113 Å². The molecule has 0 fully saturated rings. The van der Waals surface area contributed by atoms with E-state index in [0.717, 1.165) is 22.2 Å². The topological polar surface area (TPSA) is 92.1 Å². The van der Waals surface area contributed by atoms with Crippen molar-refractivity contribution in [2.75, 3.05) is 13.7 Å². The summed E-state index contributed by atoms with van der Waals surface area (Å²) in [7, 11) is 1.62. The van der Waals surface area contributed by atoms with Gasteiger partial charge in [-0.15, -0.1) is 11.3 Å². The molecule has 0 aliphatic rings. The summed E-state index contributed by atoms with van der Waals surface area (Å²) in [4.78, 5) is 16.4. The third-order valence-electron chi connectivity index (χ3n) is 7.20. The van der Waals surface area contributed by atoms with Crippen LogP contribution in [0, 0.1) is 10.8 Å². The molecule has 0 saturated heterocycles. The number of hydrogen-bond acceptors (Lipinski definition) is 7. The summed E-state index contributed by atoms with van der Waals surface area (Å²) >= 11 is 1.64. The fourth-order valence-corrected chi connectivity index (χ4v) is 5.98. The van der Waals surface area contributed by atoms with Gasteiger partial charge >= 0.3 is 5.97 Å². The maximum absolute atomic E-state index is 11.6. The van der Waals surface area contributed by atoms with Crippen LogP contribution >= 0.6 is 11.3 Å². The van der Waals surface area contributed by atoms with Crippen molar-refractivity contribution in [2.45, 2.75) is 131 Å². The maximum atomic E-state index is 11.6. The largest absolute Gasteiger partial charge is 0.481 e. The first kappa shape index (κ1) is 33.0. The molecular weight excluding hydrogens is 476 g/mol. The minimum Gasteiger partial charge on any atom is -0.481 e. The molecule has 1 aromatic heterocycles. The lowest BCUT2D eigenvalue weighted by atomic mass is 9.67. The number of carboxylic acids is 1. The van der Waals surface area contributed by atoms with Crippen molar-refractivity contribution in [1.29, 1.82) is 0 Å². The summed E-state index contributed by atoms with van der Waals surface area (Å²) in [6, 6.07) is 0. The Labute approximate surface area is 223 Å². The minimum absolute atomic E-state index is 0.147. The first-order valence-corrected chi connectivity index (χ1v) is 13.7. The number of aliphatic carboxylic acids is 1. The molecule has 1 rings (SSSR count). The molecule has 1 aromatic rings. The molecule has 1 heterocycles. The van der Waals surface area contributed by atoms with Crippen molar-refractivity contribution in [3.8, 4) is 0 Å². The number of rotatable bonds is 15. The van der Waals surface area contributed by atoms with Crippen LogP contribution in [0.2, 0.25) is 0 Å². The van der Waals surface area contributed by atoms with Gasteiger partial charge in [0.05, 0.1) is 46.1 Å². The van der Waals surface area contributed by atoms with E-state index < -0.39 is 28.2 Å². The molecule has 8 heteroatoms. The number of hydroxylamine groups is 2. The van der Waals surface area contributed by atoms with Gasteiger partial charge in [-0.05, 0) is 80.1 Å². The predicted molar refractivity (Wildman–Crippen MR) is 147 cm³/mol. The van der Waals surface area contributed by atoms with Crippen LogP contribution < -0.4 is 0 Å². The van der Waals surface area contributed by atoms with E-state index in [0.29, 0.717) is 26.0 Å². The number of nitrogens with zero attached hydrogens (tertiary/aromatic N) is 2. The molecule has 0 unspecified atom stereocenters. The zero-order valence-corrected chi connectivity index (χ0v) is 25.9. The average Bonchev–Trinajstić information content (AvgIpc) is 3.06. The molecule has 0 bridgehead atoms. The Morgan fingerprint density at radius 3 is 2.03 bits per heavy atom. The van der Waals surface area contributed by atoms with Crippen LogP contribution in [0.25, 0.3) is 0 Å². The van der Waals surface area contributed by atoms with Crippen molar-refractivity contribution in [3.63, 3.8) is 0 Å². The second-order valence-corrected chi connectivity index (χ2v) is 14.9. The van der Waals surface area contributed by atoms with E-state index in [1.165, 1.54) is 0 Å². The van der Waals surface area contributed by atoms with Gasteiger partial charge in [0.25, 0.3) is 0 Å². The molecule has 7 nitrogen and oxygen atoms in total. The Morgan fingerprint density at radius 1 is 0.972 bits per heavy atom. The number of aromatic nitrogens is 1. The van der Waals surface area contributed by atoms with Crippen molar-refractivity contribution in [1.82, 2.24) is 10.0 Å². The summed E-state index contributed by atoms with van der Waals surface area (Å²) in [5.74, 6) is -0.818. The first-order chi connectivity index (χ1) is 15.9. The summed E-state index contributed by atoms with van der Waals surface area (Å²) in [5.41, 5.74) is -1.72. The van der Waals surface area contributed by atoms with E-state index in [-0.39, 0.29) is 10.8 Å². The third kappa shape index (κ3) is 9.67. The second-order valence-electron chi connectivity index (χ2n) is 14.0. The lowest BCUT2D eigenvalue weighted by molar-refractivity contribution is -0.172. The highest BCUT2D eigenvalue weighted by molar-refractivity contribution is 7.09. The molecule has 0 amide bonds. The SMILES string of the molecule is CN(O)Cc1csc(C(C)(C)CC(C)(C)C(C)(C)OCCC(C)(C)OC(C)(C)CC(C)(C)C(=O)O)n1. The van der Waals surface area contributed by atoms with Crippen LogP contribution in [-0.2, 0) is 26.2 Å². The van der Waals surface area contributed by atoms with E-state index in [4.69, 9.17) is 14.5 Å². The summed E-state index contributed by atoms with van der Waals surface area (Å²) < 4.78 is 12.9. The highest BCUT2D eigenvalue weighted by atomic mass is 32.1. The van der Waals surface area contributed by atoms with Crippen LogP contribution in [0.5, 0.6) is 0 Å². The molecule has 0 saturated carbocycles. The smallest absolute Gasteiger partial charge is 0.309 e. The van der Waals surface area contributed by atoms with Gasteiger partial charge in [0.15, 0.2) is 0 Å². The van der Waals surface area contributed by atoms with Crippen LogP contribution in [0.3, 0.4) is 0 Å². The van der Waals surface area contributed by atoms with Gasteiger partial charge < -0.3 is 19.8 Å². The highest BCUT2D eigenvalue weighted by Gasteiger charge is 2.44. The molecule has 0 aliphatic carbocycles. The maximum Gasteiger partial charge on any atom is 0.309 e. The van der Waals surface area contributed by atoms with Gasteiger partial charge in [-0.3, -0.25) is 4.79 Å². The van der Waals surface area contributed by atoms with Gasteiger partial charge in [-0.2, -0.15) is 5.06 Å². The summed E-state index contributed by atoms with van der Waals surface area (Å²) in [6.07, 6.45) is 1.99. The third-order valence-corrected chi connectivity index (χ3v) is 8.46. The van der Waals surface area contributed by atoms with E-state index in [1.54, 1.807) is 32.2 Å². The number of hydrogen-bond donors (Lipinski definition) is 2. The number of thiazole rings is 1. The predicted octanol–water partition coefficient (Wildman–Crippen LogP) is 6.92. The molecule has 0 spiro atoms. The number of ether oxygens (including phenoxy) is 2. The quantitative estimate of drug-likeness (QED) is 0.239. The van der Waals surface area contributed by atoms with Crippen LogP contribution in [0.4, 0.5) is 0 Å². The monoisotopic (exact) mass is 528 g/mol.